The van der Waals surface area contributed by atoms with Gasteiger partial charge in [-0.25, -0.2) is 0 Å². The maximum absolute atomic E-state index is 12.3. The van der Waals surface area contributed by atoms with Crippen molar-refractivity contribution < 1.29 is 9.21 Å². The molecule has 1 aromatic heterocycles. The number of carbonyl (C=O) groups excluding carboxylic acids is 1. The fourth-order valence-corrected chi connectivity index (χ4v) is 3.62. The van der Waals surface area contributed by atoms with Crippen LogP contribution in [-0.2, 0) is 0 Å². The third kappa shape index (κ3) is 2.05. The zero-order chi connectivity index (χ0) is 12.6. The molecule has 1 aromatic rings. The van der Waals surface area contributed by atoms with Gasteiger partial charge in [-0.3, -0.25) is 4.79 Å². The molecule has 0 unspecified atom stereocenters. The van der Waals surface area contributed by atoms with Gasteiger partial charge in [0.25, 0.3) is 5.91 Å². The first kappa shape index (κ1) is 12.1. The Morgan fingerprint density at radius 2 is 1.89 bits per heavy atom. The van der Waals surface area contributed by atoms with Gasteiger partial charge in [-0.15, -0.1) is 0 Å². The summed E-state index contributed by atoms with van der Waals surface area (Å²) >= 11 is 5.86. The predicted octanol–water partition coefficient (Wildman–Crippen LogP) is 3.73. The molecule has 18 heavy (non-hydrogen) atoms. The number of amides is 1. The lowest BCUT2D eigenvalue weighted by Crippen LogP contribution is -2.42. The minimum absolute atomic E-state index is 0.0154. The second-order valence-electron chi connectivity index (χ2n) is 5.61. The summed E-state index contributed by atoms with van der Waals surface area (Å²) in [6, 6.07) is 1.66. The molecule has 0 N–H and O–H groups in total. The van der Waals surface area contributed by atoms with E-state index in [0.717, 1.165) is 25.9 Å². The number of nitrogens with zero attached hydrogens (tertiary/aromatic N) is 1. The van der Waals surface area contributed by atoms with E-state index in [2.05, 4.69) is 0 Å². The van der Waals surface area contributed by atoms with Crippen LogP contribution in [0.1, 0.15) is 48.9 Å². The maximum atomic E-state index is 12.3. The van der Waals surface area contributed by atoms with E-state index in [1.807, 2.05) is 4.90 Å². The van der Waals surface area contributed by atoms with Crippen molar-refractivity contribution in [2.24, 2.45) is 5.41 Å². The predicted molar refractivity (Wildman–Crippen MR) is 69.8 cm³/mol. The lowest BCUT2D eigenvalue weighted by molar-refractivity contribution is 0.0587. The molecule has 2 fully saturated rings. The van der Waals surface area contributed by atoms with E-state index in [1.54, 1.807) is 6.07 Å². The van der Waals surface area contributed by atoms with Gasteiger partial charge in [0.2, 0.25) is 5.22 Å². The zero-order valence-corrected chi connectivity index (χ0v) is 11.2. The topological polar surface area (TPSA) is 33.5 Å². The second-order valence-corrected chi connectivity index (χ2v) is 5.95. The van der Waals surface area contributed by atoms with Crippen LogP contribution in [0.2, 0.25) is 5.22 Å². The Kier molecular flexibility index (Phi) is 3.10. The Bertz CT molecular complexity index is 438. The van der Waals surface area contributed by atoms with Crippen LogP contribution in [0.25, 0.3) is 0 Å². The molecule has 1 aliphatic heterocycles. The van der Waals surface area contributed by atoms with Gasteiger partial charge in [0.15, 0.2) is 0 Å². The van der Waals surface area contributed by atoms with Crippen LogP contribution >= 0.6 is 11.6 Å². The van der Waals surface area contributed by atoms with E-state index in [1.165, 1.54) is 31.9 Å². The number of hydrogen-bond donors (Lipinski definition) is 0. The number of piperidine rings is 1. The molecular formula is C14H18ClNO2. The van der Waals surface area contributed by atoms with Crippen LogP contribution in [0.5, 0.6) is 0 Å². The molecule has 98 valence electrons. The quantitative estimate of drug-likeness (QED) is 0.777. The van der Waals surface area contributed by atoms with E-state index in [-0.39, 0.29) is 11.1 Å². The van der Waals surface area contributed by atoms with E-state index in [4.69, 9.17) is 16.0 Å². The van der Waals surface area contributed by atoms with Gasteiger partial charge in [0, 0.05) is 13.1 Å². The molecule has 0 aromatic carbocycles. The van der Waals surface area contributed by atoms with Gasteiger partial charge in [-0.2, -0.15) is 0 Å². The molecule has 4 heteroatoms. The van der Waals surface area contributed by atoms with Crippen LogP contribution in [-0.4, -0.2) is 23.9 Å². The summed E-state index contributed by atoms with van der Waals surface area (Å²) < 4.78 is 4.99. The van der Waals surface area contributed by atoms with E-state index >= 15 is 0 Å². The van der Waals surface area contributed by atoms with Crippen molar-refractivity contribution in [3.8, 4) is 0 Å². The summed E-state index contributed by atoms with van der Waals surface area (Å²) in [5.74, 6) is 0.0154. The van der Waals surface area contributed by atoms with Gasteiger partial charge in [0.1, 0.15) is 0 Å². The molecule has 2 aliphatic rings. The molecule has 0 atom stereocenters. The third-order valence-corrected chi connectivity index (χ3v) is 4.92. The molecule has 2 heterocycles. The summed E-state index contributed by atoms with van der Waals surface area (Å²) in [5.41, 5.74) is 1.04. The zero-order valence-electron chi connectivity index (χ0n) is 10.5. The Labute approximate surface area is 112 Å². The molecule has 1 spiro atoms. The van der Waals surface area contributed by atoms with Crippen molar-refractivity contribution in [1.29, 1.82) is 0 Å². The standard InChI is InChI=1S/C14H18ClNO2/c15-12-11(3-10-18-12)13(17)16-8-6-14(7-9-16)4-1-2-5-14/h3,10H,1-2,4-9H2. The average molecular weight is 268 g/mol. The monoisotopic (exact) mass is 267 g/mol. The normalized spacial score (nSPS) is 22.6. The van der Waals surface area contributed by atoms with Gasteiger partial charge in [0.05, 0.1) is 11.8 Å². The second kappa shape index (κ2) is 4.61. The molecule has 1 amide bonds. The van der Waals surface area contributed by atoms with Gasteiger partial charge in [-0.1, -0.05) is 12.8 Å². The lowest BCUT2D eigenvalue weighted by atomic mass is 9.77. The lowest BCUT2D eigenvalue weighted by Gasteiger charge is -2.39. The summed E-state index contributed by atoms with van der Waals surface area (Å²) in [6.45, 7) is 1.72. The Morgan fingerprint density at radius 1 is 1.22 bits per heavy atom. The number of furan rings is 1. The Balaban J connectivity index is 1.66. The van der Waals surface area contributed by atoms with Crippen molar-refractivity contribution in [2.45, 2.75) is 38.5 Å². The Hall–Kier alpha value is -0.960. The van der Waals surface area contributed by atoms with Crippen molar-refractivity contribution in [1.82, 2.24) is 4.90 Å². The molecule has 1 saturated carbocycles. The van der Waals surface area contributed by atoms with Gasteiger partial charge in [-0.05, 0) is 48.8 Å². The van der Waals surface area contributed by atoms with Crippen LogP contribution in [0.4, 0.5) is 0 Å². The highest BCUT2D eigenvalue weighted by molar-refractivity contribution is 6.32. The molecule has 1 aliphatic carbocycles. The van der Waals surface area contributed by atoms with Gasteiger partial charge >= 0.3 is 0 Å². The van der Waals surface area contributed by atoms with Crippen molar-refractivity contribution in [3.05, 3.63) is 23.1 Å². The average Bonchev–Trinajstić information content (AvgIpc) is 2.99. The largest absolute Gasteiger partial charge is 0.452 e. The summed E-state index contributed by atoms with van der Waals surface area (Å²) in [4.78, 5) is 14.2. The van der Waals surface area contributed by atoms with Crippen LogP contribution in [0.15, 0.2) is 16.7 Å². The minimum atomic E-state index is 0.0154. The van der Waals surface area contributed by atoms with Crippen molar-refractivity contribution in [3.63, 3.8) is 0 Å². The number of hydrogen-bond acceptors (Lipinski definition) is 2. The fourth-order valence-electron chi connectivity index (χ4n) is 3.43. The number of carbonyl (C=O) groups is 1. The molecule has 0 radical (unpaired) electrons. The third-order valence-electron chi connectivity index (χ3n) is 4.62. The first-order valence-electron chi connectivity index (χ1n) is 6.73. The SMILES string of the molecule is O=C(c1ccoc1Cl)N1CCC2(CCCC2)CC1. The molecule has 1 saturated heterocycles. The van der Waals surface area contributed by atoms with Gasteiger partial charge < -0.3 is 9.32 Å². The maximum Gasteiger partial charge on any atom is 0.258 e. The van der Waals surface area contributed by atoms with E-state index < -0.39 is 0 Å². The number of halogens is 1. The minimum Gasteiger partial charge on any atom is -0.452 e. The van der Waals surface area contributed by atoms with Crippen LogP contribution < -0.4 is 0 Å². The first-order chi connectivity index (χ1) is 8.70. The van der Waals surface area contributed by atoms with E-state index in [0.29, 0.717) is 11.0 Å². The summed E-state index contributed by atoms with van der Waals surface area (Å²) in [5, 5.41) is 0.209. The molecule has 3 nitrogen and oxygen atoms in total. The molecule has 3 rings (SSSR count). The first-order valence-corrected chi connectivity index (χ1v) is 7.10. The van der Waals surface area contributed by atoms with Crippen molar-refractivity contribution in [2.75, 3.05) is 13.1 Å². The van der Waals surface area contributed by atoms with Crippen molar-refractivity contribution >= 4 is 17.5 Å². The highest BCUT2D eigenvalue weighted by Crippen LogP contribution is 2.46. The highest BCUT2D eigenvalue weighted by Gasteiger charge is 2.38. The van der Waals surface area contributed by atoms with Crippen LogP contribution in [0.3, 0.4) is 0 Å². The number of likely N-dealkylation sites (tertiary alicyclic amines) is 1. The van der Waals surface area contributed by atoms with E-state index in [9.17, 15) is 4.79 Å². The fraction of sp³-hybridized carbons (Fsp3) is 0.643. The Morgan fingerprint density at radius 3 is 2.44 bits per heavy atom. The smallest absolute Gasteiger partial charge is 0.258 e. The molecule has 0 bridgehead atoms. The summed E-state index contributed by atoms with van der Waals surface area (Å²) in [7, 11) is 0. The number of rotatable bonds is 1. The van der Waals surface area contributed by atoms with Crippen LogP contribution in [0, 0.1) is 5.41 Å². The summed E-state index contributed by atoms with van der Waals surface area (Å²) in [6.07, 6.45) is 9.19. The molecular weight excluding hydrogens is 250 g/mol. The highest BCUT2D eigenvalue weighted by atomic mass is 35.5.